The Labute approximate surface area is 156 Å². The molecule has 8 nitrogen and oxygen atoms in total. The fraction of sp³-hybridized carbons (Fsp3) is 0.0556. The lowest BCUT2D eigenvalue weighted by Crippen LogP contribution is -2.10. The standard InChI is InChI=1S/C18H12N4O4S/c1-10-2-4-11(5-3-10)17-20-21-18(26-17)19-16(23)15-9-12-8-13(22(24)25)6-7-14(12)27-15/h2-9H,1H3,(H,19,21,23). The van der Waals surface area contributed by atoms with Crippen LogP contribution in [-0.4, -0.2) is 21.0 Å². The summed E-state index contributed by atoms with van der Waals surface area (Å²) in [5.74, 6) is -0.116. The fourth-order valence-electron chi connectivity index (χ4n) is 2.50. The van der Waals surface area contributed by atoms with Crippen LogP contribution < -0.4 is 5.32 Å². The molecule has 0 atom stereocenters. The van der Waals surface area contributed by atoms with Gasteiger partial charge in [0.25, 0.3) is 11.6 Å². The number of non-ortho nitro benzene ring substituents is 1. The highest BCUT2D eigenvalue weighted by molar-refractivity contribution is 7.20. The second kappa shape index (κ2) is 6.61. The van der Waals surface area contributed by atoms with Gasteiger partial charge in [-0.15, -0.1) is 16.4 Å². The smallest absolute Gasteiger partial charge is 0.322 e. The van der Waals surface area contributed by atoms with Crippen molar-refractivity contribution in [3.05, 3.63) is 69.1 Å². The number of nitro groups is 1. The number of nitro benzene ring substituents is 1. The minimum atomic E-state index is -0.470. The molecule has 9 heteroatoms. The third-order valence-electron chi connectivity index (χ3n) is 3.88. The summed E-state index contributed by atoms with van der Waals surface area (Å²) in [5.41, 5.74) is 1.84. The topological polar surface area (TPSA) is 111 Å². The van der Waals surface area contributed by atoms with E-state index in [1.807, 2.05) is 31.2 Å². The molecule has 0 fully saturated rings. The minimum Gasteiger partial charge on any atom is -0.403 e. The number of fused-ring (bicyclic) bond motifs is 1. The second-order valence-electron chi connectivity index (χ2n) is 5.82. The molecule has 0 aliphatic heterocycles. The van der Waals surface area contributed by atoms with Crippen LogP contribution in [0.5, 0.6) is 0 Å². The van der Waals surface area contributed by atoms with Gasteiger partial charge in [-0.25, -0.2) is 0 Å². The molecular formula is C18H12N4O4S. The summed E-state index contributed by atoms with van der Waals surface area (Å²) < 4.78 is 6.26. The van der Waals surface area contributed by atoms with E-state index < -0.39 is 10.8 Å². The predicted octanol–water partition coefficient (Wildman–Crippen LogP) is 4.42. The number of amides is 1. The summed E-state index contributed by atoms with van der Waals surface area (Å²) in [6.45, 7) is 1.98. The molecule has 0 aliphatic carbocycles. The van der Waals surface area contributed by atoms with Gasteiger partial charge in [-0.2, -0.15) is 0 Å². The van der Waals surface area contributed by atoms with Gasteiger partial charge in [0, 0.05) is 27.8 Å². The molecule has 0 aliphatic rings. The number of benzene rings is 2. The lowest BCUT2D eigenvalue weighted by Gasteiger charge is -1.97. The summed E-state index contributed by atoms with van der Waals surface area (Å²) >= 11 is 1.23. The summed E-state index contributed by atoms with van der Waals surface area (Å²) in [4.78, 5) is 23.2. The van der Waals surface area contributed by atoms with Crippen LogP contribution >= 0.6 is 11.3 Å². The zero-order valence-corrected chi connectivity index (χ0v) is 14.8. The lowest BCUT2D eigenvalue weighted by atomic mass is 10.1. The van der Waals surface area contributed by atoms with Gasteiger partial charge >= 0.3 is 6.01 Å². The molecule has 2 heterocycles. The molecule has 134 valence electrons. The Balaban J connectivity index is 1.54. The first kappa shape index (κ1) is 16.9. The molecule has 0 saturated carbocycles. The van der Waals surface area contributed by atoms with E-state index in [-0.39, 0.29) is 11.7 Å². The number of rotatable bonds is 4. The fourth-order valence-corrected chi connectivity index (χ4v) is 3.44. The van der Waals surface area contributed by atoms with Crippen LogP contribution in [0.1, 0.15) is 15.2 Å². The van der Waals surface area contributed by atoms with Crippen molar-refractivity contribution in [2.24, 2.45) is 0 Å². The van der Waals surface area contributed by atoms with Gasteiger partial charge in [-0.05, 0) is 31.2 Å². The molecular weight excluding hydrogens is 368 g/mol. The summed E-state index contributed by atoms with van der Waals surface area (Å²) in [7, 11) is 0. The molecule has 4 aromatic rings. The van der Waals surface area contributed by atoms with Crippen molar-refractivity contribution in [1.82, 2.24) is 10.2 Å². The highest BCUT2D eigenvalue weighted by Crippen LogP contribution is 2.29. The molecule has 2 aromatic carbocycles. The van der Waals surface area contributed by atoms with E-state index in [2.05, 4.69) is 15.5 Å². The highest BCUT2D eigenvalue weighted by atomic mass is 32.1. The average Bonchev–Trinajstić information content (AvgIpc) is 3.28. The number of carbonyl (C=O) groups excluding carboxylic acids is 1. The highest BCUT2D eigenvalue weighted by Gasteiger charge is 2.16. The van der Waals surface area contributed by atoms with Gasteiger partial charge < -0.3 is 4.42 Å². The molecule has 1 N–H and O–H groups in total. The Hall–Kier alpha value is -3.59. The van der Waals surface area contributed by atoms with Crippen molar-refractivity contribution < 1.29 is 14.1 Å². The number of nitrogens with zero attached hydrogens (tertiary/aromatic N) is 3. The van der Waals surface area contributed by atoms with E-state index in [0.29, 0.717) is 16.2 Å². The van der Waals surface area contributed by atoms with Crippen LogP contribution in [0, 0.1) is 17.0 Å². The molecule has 0 radical (unpaired) electrons. The van der Waals surface area contributed by atoms with Crippen molar-refractivity contribution in [1.29, 1.82) is 0 Å². The van der Waals surface area contributed by atoms with Crippen molar-refractivity contribution in [2.75, 3.05) is 5.32 Å². The summed E-state index contributed by atoms with van der Waals surface area (Å²) in [6.07, 6.45) is 0. The first-order chi connectivity index (χ1) is 13.0. The Morgan fingerprint density at radius 1 is 1.15 bits per heavy atom. The Morgan fingerprint density at radius 3 is 2.67 bits per heavy atom. The second-order valence-corrected chi connectivity index (χ2v) is 6.91. The maximum Gasteiger partial charge on any atom is 0.322 e. The van der Waals surface area contributed by atoms with E-state index in [1.165, 1.54) is 23.5 Å². The van der Waals surface area contributed by atoms with E-state index in [9.17, 15) is 14.9 Å². The van der Waals surface area contributed by atoms with Crippen molar-refractivity contribution in [2.45, 2.75) is 6.92 Å². The van der Waals surface area contributed by atoms with Gasteiger partial charge in [0.1, 0.15) is 0 Å². The monoisotopic (exact) mass is 380 g/mol. The maximum absolute atomic E-state index is 12.4. The van der Waals surface area contributed by atoms with Crippen LogP contribution in [0.2, 0.25) is 0 Å². The van der Waals surface area contributed by atoms with Crippen LogP contribution in [0.4, 0.5) is 11.7 Å². The van der Waals surface area contributed by atoms with E-state index >= 15 is 0 Å². The quantitative estimate of drug-likeness (QED) is 0.414. The molecule has 0 unspecified atom stereocenters. The van der Waals surface area contributed by atoms with E-state index in [1.54, 1.807) is 12.1 Å². The number of aryl methyl sites for hydroxylation is 1. The van der Waals surface area contributed by atoms with E-state index in [4.69, 9.17) is 4.42 Å². The third kappa shape index (κ3) is 3.40. The minimum absolute atomic E-state index is 0.0148. The van der Waals surface area contributed by atoms with Gasteiger partial charge in [0.15, 0.2) is 0 Å². The van der Waals surface area contributed by atoms with Gasteiger partial charge in [0.05, 0.1) is 9.80 Å². The predicted molar refractivity (Wildman–Crippen MR) is 101 cm³/mol. The Bertz CT molecular complexity index is 1160. The molecule has 1 amide bonds. The summed E-state index contributed by atoms with van der Waals surface area (Å²) in [6, 6.07) is 13.6. The zero-order valence-electron chi connectivity index (χ0n) is 14.0. The number of aromatic nitrogens is 2. The maximum atomic E-state index is 12.4. The van der Waals surface area contributed by atoms with Gasteiger partial charge in [-0.1, -0.05) is 22.8 Å². The molecule has 0 spiro atoms. The number of nitrogens with one attached hydrogen (secondary N) is 1. The molecule has 0 bridgehead atoms. The molecule has 27 heavy (non-hydrogen) atoms. The molecule has 4 rings (SSSR count). The number of anilines is 1. The van der Waals surface area contributed by atoms with E-state index in [0.717, 1.165) is 15.8 Å². The zero-order chi connectivity index (χ0) is 19.0. The number of carbonyl (C=O) groups is 1. The number of hydrogen-bond donors (Lipinski definition) is 1. The Kier molecular flexibility index (Phi) is 4.13. The third-order valence-corrected chi connectivity index (χ3v) is 4.99. The number of thiophene rings is 1. The first-order valence-electron chi connectivity index (χ1n) is 7.89. The van der Waals surface area contributed by atoms with Crippen LogP contribution in [-0.2, 0) is 0 Å². The van der Waals surface area contributed by atoms with Crippen LogP contribution in [0.3, 0.4) is 0 Å². The largest absolute Gasteiger partial charge is 0.403 e. The normalized spacial score (nSPS) is 10.9. The first-order valence-corrected chi connectivity index (χ1v) is 8.71. The van der Waals surface area contributed by atoms with Crippen molar-refractivity contribution in [3.8, 4) is 11.5 Å². The van der Waals surface area contributed by atoms with Crippen molar-refractivity contribution >= 4 is 39.0 Å². The average molecular weight is 380 g/mol. The Morgan fingerprint density at radius 2 is 1.93 bits per heavy atom. The number of hydrogen-bond acceptors (Lipinski definition) is 7. The lowest BCUT2D eigenvalue weighted by molar-refractivity contribution is -0.384. The van der Waals surface area contributed by atoms with Crippen LogP contribution in [0.15, 0.2) is 52.9 Å². The molecule has 0 saturated heterocycles. The van der Waals surface area contributed by atoms with Gasteiger partial charge in [-0.3, -0.25) is 20.2 Å². The van der Waals surface area contributed by atoms with Crippen LogP contribution in [0.25, 0.3) is 21.5 Å². The molecule has 2 aromatic heterocycles. The van der Waals surface area contributed by atoms with Gasteiger partial charge in [0.2, 0.25) is 5.89 Å². The van der Waals surface area contributed by atoms with Crippen molar-refractivity contribution in [3.63, 3.8) is 0 Å². The summed E-state index contributed by atoms with van der Waals surface area (Å²) in [5, 5.41) is 21.8. The SMILES string of the molecule is Cc1ccc(-c2nnc(NC(=O)c3cc4cc([N+](=O)[O-])ccc4s3)o2)cc1.